The number of allylic oxidation sites excluding steroid dienone is 4. The number of rotatable bonds is 5. The Morgan fingerprint density at radius 1 is 0.625 bits per heavy atom. The fourth-order valence-corrected chi connectivity index (χ4v) is 5.93. The zero-order valence-corrected chi connectivity index (χ0v) is 22.4. The molecular weight excluding hydrogens is 487 g/mol. The molecule has 0 aromatic heterocycles. The minimum atomic E-state index is -0.0319. The van der Waals surface area contributed by atoms with Crippen LogP contribution in [0.1, 0.15) is 12.5 Å². The van der Waals surface area contributed by atoms with Crippen LogP contribution in [-0.4, -0.2) is 6.71 Å². The molecule has 0 N–H and O–H groups in total. The monoisotopic (exact) mass is 514 g/mol. The van der Waals surface area contributed by atoms with Gasteiger partial charge >= 0.3 is 0 Å². The molecule has 0 saturated carbocycles. The van der Waals surface area contributed by atoms with Crippen molar-refractivity contribution in [3.63, 3.8) is 0 Å². The van der Waals surface area contributed by atoms with Gasteiger partial charge in [0.15, 0.2) is 0 Å². The topological polar surface area (TPSA) is 18.5 Å². The van der Waals surface area contributed by atoms with Crippen LogP contribution in [0.25, 0.3) is 27.8 Å². The molecule has 40 heavy (non-hydrogen) atoms. The van der Waals surface area contributed by atoms with Crippen LogP contribution >= 0.6 is 0 Å². The van der Waals surface area contributed by atoms with Gasteiger partial charge in [-0.3, -0.25) is 0 Å². The lowest BCUT2D eigenvalue weighted by molar-refractivity contribution is 0.465. The van der Waals surface area contributed by atoms with Crippen LogP contribution in [-0.2, 0) is 0 Å². The maximum absolute atomic E-state index is 6.73. The number of hydrogen-bond acceptors (Lipinski definition) is 2. The lowest BCUT2D eigenvalue weighted by Gasteiger charge is -2.34. The van der Waals surface area contributed by atoms with E-state index in [1.807, 2.05) is 24.3 Å². The van der Waals surface area contributed by atoms with Crippen LogP contribution in [0.15, 0.2) is 140 Å². The van der Waals surface area contributed by atoms with Crippen molar-refractivity contribution in [1.82, 2.24) is 0 Å². The van der Waals surface area contributed by atoms with Crippen molar-refractivity contribution in [3.05, 3.63) is 146 Å². The lowest BCUT2D eigenvalue weighted by Crippen LogP contribution is -2.57. The summed E-state index contributed by atoms with van der Waals surface area (Å²) in [6, 6.07) is 38.1. The smallest absolute Gasteiger partial charge is 0.260 e. The van der Waals surface area contributed by atoms with Gasteiger partial charge in [0, 0.05) is 11.0 Å². The first kappa shape index (κ1) is 24.1. The second kappa shape index (κ2) is 9.62. The second-order valence-electron chi connectivity index (χ2n) is 10.2. The molecule has 2 aliphatic rings. The first-order chi connectivity index (χ1) is 19.7. The number of fused-ring (bicyclic) bond motifs is 4. The van der Waals surface area contributed by atoms with Gasteiger partial charge in [-0.25, -0.2) is 0 Å². The SMILES string of the molecule is C=C/C(C)=C(\C=C)c1ccc2c(c1)Oc1ccc(-c3ccccc3)c3c1B2c1cc(-c2ccccc2)ccc1O3. The number of benzene rings is 5. The molecule has 0 spiro atoms. The highest BCUT2D eigenvalue weighted by Gasteiger charge is 2.41. The summed E-state index contributed by atoms with van der Waals surface area (Å²) in [7, 11) is 0. The van der Waals surface area contributed by atoms with Crippen molar-refractivity contribution in [1.29, 1.82) is 0 Å². The fraction of sp³-hybridized carbons (Fsp3) is 0.0270. The molecule has 3 heteroatoms. The van der Waals surface area contributed by atoms with Crippen molar-refractivity contribution in [2.45, 2.75) is 6.92 Å². The first-order valence-corrected chi connectivity index (χ1v) is 13.5. The Balaban J connectivity index is 1.47. The highest BCUT2D eigenvalue weighted by atomic mass is 16.5. The molecule has 7 rings (SSSR count). The van der Waals surface area contributed by atoms with E-state index >= 15 is 0 Å². The quantitative estimate of drug-likeness (QED) is 0.172. The van der Waals surface area contributed by atoms with Gasteiger partial charge < -0.3 is 9.47 Å². The van der Waals surface area contributed by atoms with E-state index in [1.165, 1.54) is 5.56 Å². The Kier molecular flexibility index (Phi) is 5.79. The predicted molar refractivity (Wildman–Crippen MR) is 168 cm³/mol. The molecule has 0 atom stereocenters. The Bertz CT molecular complexity index is 1830. The molecule has 0 fully saturated rings. The van der Waals surface area contributed by atoms with Crippen molar-refractivity contribution < 1.29 is 9.47 Å². The molecular formula is C37H27BO2. The van der Waals surface area contributed by atoms with Gasteiger partial charge in [-0.05, 0) is 75.5 Å². The Labute approximate surface area is 235 Å². The molecule has 0 unspecified atom stereocenters. The molecule has 5 aromatic carbocycles. The van der Waals surface area contributed by atoms with E-state index in [2.05, 4.69) is 117 Å². The van der Waals surface area contributed by atoms with E-state index in [9.17, 15) is 0 Å². The third kappa shape index (κ3) is 3.82. The van der Waals surface area contributed by atoms with E-state index in [-0.39, 0.29) is 6.71 Å². The minimum Gasteiger partial charge on any atom is -0.458 e. The number of ether oxygens (including phenoxy) is 2. The summed E-state index contributed by atoms with van der Waals surface area (Å²) < 4.78 is 13.4. The standard InChI is InChI=1S/C37H27BO2/c1-4-24(3)29(5-2)28-16-19-31-35(23-28)39-34-21-18-30(26-14-10-7-11-15-26)37-36(34)38(31)32-22-27(17-20-33(32)40-37)25-12-8-6-9-13-25/h4-23H,1-2H2,3H3/b29-24+. The summed E-state index contributed by atoms with van der Waals surface area (Å²) >= 11 is 0. The van der Waals surface area contributed by atoms with Crippen LogP contribution in [0.4, 0.5) is 0 Å². The molecule has 2 nitrogen and oxygen atoms in total. The average Bonchev–Trinajstić information content (AvgIpc) is 3.01. The van der Waals surface area contributed by atoms with E-state index in [0.29, 0.717) is 0 Å². The van der Waals surface area contributed by atoms with Gasteiger partial charge in [0.05, 0.1) is 0 Å². The van der Waals surface area contributed by atoms with E-state index in [1.54, 1.807) is 0 Å². The van der Waals surface area contributed by atoms with Crippen molar-refractivity contribution in [2.24, 2.45) is 0 Å². The predicted octanol–water partition coefficient (Wildman–Crippen LogP) is 7.89. The van der Waals surface area contributed by atoms with Gasteiger partial charge in [0.1, 0.15) is 23.0 Å². The summed E-state index contributed by atoms with van der Waals surface area (Å²) in [5, 5.41) is 0. The summed E-state index contributed by atoms with van der Waals surface area (Å²) in [4.78, 5) is 0. The van der Waals surface area contributed by atoms with Crippen LogP contribution in [0.2, 0.25) is 0 Å². The Morgan fingerprint density at radius 2 is 1.35 bits per heavy atom. The highest BCUT2D eigenvalue weighted by Crippen LogP contribution is 2.41. The average molecular weight is 514 g/mol. The van der Waals surface area contributed by atoms with E-state index in [0.717, 1.165) is 72.8 Å². The largest absolute Gasteiger partial charge is 0.458 e. The maximum atomic E-state index is 6.73. The van der Waals surface area contributed by atoms with Crippen LogP contribution < -0.4 is 25.9 Å². The molecule has 5 aromatic rings. The maximum Gasteiger partial charge on any atom is 0.260 e. The molecule has 0 radical (unpaired) electrons. The van der Waals surface area contributed by atoms with Crippen molar-refractivity contribution in [2.75, 3.05) is 0 Å². The molecule has 190 valence electrons. The summed E-state index contributed by atoms with van der Waals surface area (Å²) in [5.74, 6) is 3.41. The summed E-state index contributed by atoms with van der Waals surface area (Å²) in [6.07, 6.45) is 3.75. The lowest BCUT2D eigenvalue weighted by atomic mass is 9.34. The highest BCUT2D eigenvalue weighted by molar-refractivity contribution is 6.98. The van der Waals surface area contributed by atoms with Gasteiger partial charge in [-0.2, -0.15) is 0 Å². The first-order valence-electron chi connectivity index (χ1n) is 13.5. The van der Waals surface area contributed by atoms with Gasteiger partial charge in [-0.1, -0.05) is 110 Å². The van der Waals surface area contributed by atoms with E-state index < -0.39 is 0 Å². The third-order valence-corrected chi connectivity index (χ3v) is 7.96. The summed E-state index contributed by atoms with van der Waals surface area (Å²) in [5.41, 5.74) is 11.0. The van der Waals surface area contributed by atoms with Gasteiger partial charge in [0.2, 0.25) is 0 Å². The molecule has 0 aliphatic carbocycles. The summed E-state index contributed by atoms with van der Waals surface area (Å²) in [6.45, 7) is 10.0. The molecule has 2 aliphatic heterocycles. The van der Waals surface area contributed by atoms with Gasteiger partial charge in [-0.15, -0.1) is 0 Å². The van der Waals surface area contributed by atoms with Gasteiger partial charge in [0.25, 0.3) is 6.71 Å². The van der Waals surface area contributed by atoms with Crippen LogP contribution in [0.5, 0.6) is 23.0 Å². The zero-order chi connectivity index (χ0) is 27.2. The molecule has 0 saturated heterocycles. The van der Waals surface area contributed by atoms with Crippen molar-refractivity contribution in [3.8, 4) is 45.3 Å². The Hall–Kier alpha value is -5.02. The normalized spacial score (nSPS) is 13.1. The zero-order valence-electron chi connectivity index (χ0n) is 22.4. The van der Waals surface area contributed by atoms with Crippen molar-refractivity contribution >= 4 is 28.7 Å². The molecule has 0 bridgehead atoms. The Morgan fingerprint density at radius 3 is 2.08 bits per heavy atom. The molecule has 0 amide bonds. The minimum absolute atomic E-state index is 0.0319. The third-order valence-electron chi connectivity index (χ3n) is 7.96. The van der Waals surface area contributed by atoms with E-state index in [4.69, 9.17) is 9.47 Å². The number of hydrogen-bond donors (Lipinski definition) is 0. The van der Waals surface area contributed by atoms with Crippen LogP contribution in [0, 0.1) is 0 Å². The molecule has 2 heterocycles. The second-order valence-corrected chi connectivity index (χ2v) is 10.2. The fourth-order valence-electron chi connectivity index (χ4n) is 5.93. The van der Waals surface area contributed by atoms with Crippen LogP contribution in [0.3, 0.4) is 0 Å².